The number of amides is 2. The zero-order valence-electron chi connectivity index (χ0n) is 18.7. The molecule has 1 heterocycles. The number of unbranched alkanes of at least 4 members (excludes halogenated alkanes) is 1. The van der Waals surface area contributed by atoms with E-state index in [4.69, 9.17) is 17.2 Å². The van der Waals surface area contributed by atoms with Crippen molar-refractivity contribution in [3.8, 4) is 0 Å². The summed E-state index contributed by atoms with van der Waals surface area (Å²) >= 11 is 1.76. The summed E-state index contributed by atoms with van der Waals surface area (Å²) in [5, 5.41) is 5.81. The maximum absolute atomic E-state index is 12.8. The molecule has 0 radical (unpaired) electrons. The lowest BCUT2D eigenvalue weighted by atomic mass is 10.0. The van der Waals surface area contributed by atoms with Gasteiger partial charge in [-0.25, -0.2) is 0 Å². The Morgan fingerprint density at radius 2 is 1.56 bits per heavy atom. The number of nitrogens with one attached hydrogen (secondary N) is 2. The second-order valence-corrected chi connectivity index (χ2v) is 9.20. The van der Waals surface area contributed by atoms with Crippen molar-refractivity contribution in [2.24, 2.45) is 17.2 Å². The van der Waals surface area contributed by atoms with Crippen molar-refractivity contribution in [3.63, 3.8) is 0 Å². The van der Waals surface area contributed by atoms with E-state index in [-0.39, 0.29) is 11.8 Å². The SMILES string of the molecule is NCCCC[C@@H](NC(=O)[C@H](N)Cc1ccccc1)C(=O)NCCc1ccc(CCCN)s1. The van der Waals surface area contributed by atoms with Crippen LogP contribution in [0.4, 0.5) is 0 Å². The summed E-state index contributed by atoms with van der Waals surface area (Å²) in [5.74, 6) is -0.494. The molecule has 8 N–H and O–H groups in total. The van der Waals surface area contributed by atoms with Gasteiger partial charge < -0.3 is 27.8 Å². The highest BCUT2D eigenvalue weighted by Gasteiger charge is 2.23. The number of benzene rings is 1. The first-order valence-corrected chi connectivity index (χ1v) is 12.2. The van der Waals surface area contributed by atoms with Crippen LogP contribution in [0, 0.1) is 0 Å². The highest BCUT2D eigenvalue weighted by atomic mass is 32.1. The lowest BCUT2D eigenvalue weighted by Crippen LogP contribution is -2.52. The predicted octanol–water partition coefficient (Wildman–Crippen LogP) is 1.48. The molecule has 8 heteroatoms. The number of carbonyl (C=O) groups excluding carboxylic acids is 2. The second kappa shape index (κ2) is 14.7. The van der Waals surface area contributed by atoms with Gasteiger partial charge in [0.25, 0.3) is 0 Å². The Kier molecular flexibility index (Phi) is 12.0. The van der Waals surface area contributed by atoms with Crippen LogP contribution in [-0.2, 0) is 28.9 Å². The molecule has 2 atom stereocenters. The van der Waals surface area contributed by atoms with Gasteiger partial charge in [-0.3, -0.25) is 9.59 Å². The summed E-state index contributed by atoms with van der Waals surface area (Å²) < 4.78 is 0. The fourth-order valence-corrected chi connectivity index (χ4v) is 4.46. The molecule has 176 valence electrons. The number of carbonyl (C=O) groups is 2. The van der Waals surface area contributed by atoms with E-state index >= 15 is 0 Å². The van der Waals surface area contributed by atoms with E-state index in [1.807, 2.05) is 30.3 Å². The zero-order chi connectivity index (χ0) is 23.2. The van der Waals surface area contributed by atoms with Crippen LogP contribution >= 0.6 is 11.3 Å². The molecule has 1 aromatic carbocycles. The third-order valence-electron chi connectivity index (χ3n) is 5.23. The minimum absolute atomic E-state index is 0.179. The van der Waals surface area contributed by atoms with Crippen LogP contribution in [0.25, 0.3) is 0 Å². The van der Waals surface area contributed by atoms with Crippen molar-refractivity contribution >= 4 is 23.2 Å². The number of thiophene rings is 1. The first kappa shape index (κ1) is 26.0. The third kappa shape index (κ3) is 9.48. The molecule has 0 saturated heterocycles. The van der Waals surface area contributed by atoms with Crippen molar-refractivity contribution in [2.75, 3.05) is 19.6 Å². The molecule has 0 aliphatic heterocycles. The highest BCUT2D eigenvalue weighted by molar-refractivity contribution is 7.11. The average Bonchev–Trinajstić information content (AvgIpc) is 3.25. The highest BCUT2D eigenvalue weighted by Crippen LogP contribution is 2.18. The topological polar surface area (TPSA) is 136 Å². The molecule has 7 nitrogen and oxygen atoms in total. The van der Waals surface area contributed by atoms with E-state index in [2.05, 4.69) is 22.8 Å². The van der Waals surface area contributed by atoms with Gasteiger partial charge in [-0.1, -0.05) is 30.3 Å². The minimum Gasteiger partial charge on any atom is -0.354 e. The lowest BCUT2D eigenvalue weighted by Gasteiger charge is -2.21. The van der Waals surface area contributed by atoms with Gasteiger partial charge in [0.05, 0.1) is 6.04 Å². The molecular weight excluding hydrogens is 422 g/mol. The smallest absolute Gasteiger partial charge is 0.242 e. The van der Waals surface area contributed by atoms with Crippen LogP contribution in [0.3, 0.4) is 0 Å². The van der Waals surface area contributed by atoms with Gasteiger partial charge in [0, 0.05) is 16.3 Å². The van der Waals surface area contributed by atoms with Crippen molar-refractivity contribution in [1.29, 1.82) is 0 Å². The zero-order valence-corrected chi connectivity index (χ0v) is 19.5. The Balaban J connectivity index is 1.85. The van der Waals surface area contributed by atoms with Gasteiger partial charge in [-0.05, 0) is 75.7 Å². The number of nitrogens with two attached hydrogens (primary N) is 3. The van der Waals surface area contributed by atoms with Crippen molar-refractivity contribution < 1.29 is 9.59 Å². The molecule has 0 saturated carbocycles. The van der Waals surface area contributed by atoms with Gasteiger partial charge in [-0.15, -0.1) is 11.3 Å². The van der Waals surface area contributed by atoms with Crippen LogP contribution < -0.4 is 27.8 Å². The molecule has 2 amide bonds. The number of rotatable bonds is 15. The summed E-state index contributed by atoms with van der Waals surface area (Å²) in [6.45, 7) is 1.77. The van der Waals surface area contributed by atoms with E-state index in [9.17, 15) is 9.59 Å². The normalized spacial score (nSPS) is 12.8. The Bertz CT molecular complexity index is 812. The Morgan fingerprint density at radius 1 is 0.875 bits per heavy atom. The number of hydrogen-bond acceptors (Lipinski definition) is 6. The van der Waals surface area contributed by atoms with Gasteiger partial charge in [0.1, 0.15) is 6.04 Å². The summed E-state index contributed by atoms with van der Waals surface area (Å²) in [6, 6.07) is 12.5. The van der Waals surface area contributed by atoms with E-state index < -0.39 is 12.1 Å². The number of hydrogen-bond donors (Lipinski definition) is 5. The van der Waals surface area contributed by atoms with Crippen LogP contribution in [0.15, 0.2) is 42.5 Å². The Hall–Kier alpha value is -2.26. The summed E-state index contributed by atoms with van der Waals surface area (Å²) in [7, 11) is 0. The second-order valence-electron chi connectivity index (χ2n) is 7.94. The Labute approximate surface area is 195 Å². The monoisotopic (exact) mass is 459 g/mol. The molecule has 0 aliphatic carbocycles. The lowest BCUT2D eigenvalue weighted by molar-refractivity contribution is -0.129. The average molecular weight is 460 g/mol. The van der Waals surface area contributed by atoms with Crippen molar-refractivity contribution in [2.45, 2.75) is 57.0 Å². The van der Waals surface area contributed by atoms with Crippen molar-refractivity contribution in [1.82, 2.24) is 10.6 Å². The third-order valence-corrected chi connectivity index (χ3v) is 6.44. The summed E-state index contributed by atoms with van der Waals surface area (Å²) in [4.78, 5) is 28.0. The van der Waals surface area contributed by atoms with E-state index in [1.165, 1.54) is 9.75 Å². The molecule has 0 fully saturated rings. The molecule has 0 bridgehead atoms. The molecular formula is C24H37N5O2S. The molecule has 1 aromatic heterocycles. The fourth-order valence-electron chi connectivity index (χ4n) is 3.40. The Morgan fingerprint density at radius 3 is 2.25 bits per heavy atom. The van der Waals surface area contributed by atoms with Crippen LogP contribution in [0.1, 0.15) is 41.0 Å². The molecule has 0 unspecified atom stereocenters. The summed E-state index contributed by atoms with van der Waals surface area (Å²) in [6.07, 6.45) is 5.26. The van der Waals surface area contributed by atoms with Crippen LogP contribution in [0.2, 0.25) is 0 Å². The predicted molar refractivity (Wildman–Crippen MR) is 131 cm³/mol. The van der Waals surface area contributed by atoms with Gasteiger partial charge in [0.2, 0.25) is 11.8 Å². The molecule has 2 rings (SSSR count). The molecule has 0 aliphatic rings. The van der Waals surface area contributed by atoms with Gasteiger partial charge in [-0.2, -0.15) is 0 Å². The molecule has 0 spiro atoms. The van der Waals surface area contributed by atoms with Gasteiger partial charge in [0.15, 0.2) is 0 Å². The van der Waals surface area contributed by atoms with E-state index in [0.29, 0.717) is 32.5 Å². The maximum Gasteiger partial charge on any atom is 0.242 e. The van der Waals surface area contributed by atoms with Gasteiger partial charge >= 0.3 is 0 Å². The fraction of sp³-hybridized carbons (Fsp3) is 0.500. The van der Waals surface area contributed by atoms with Crippen molar-refractivity contribution in [3.05, 3.63) is 57.8 Å². The molecule has 2 aromatic rings. The standard InChI is InChI=1S/C24H37N5O2S/c25-14-5-4-10-22(29-23(30)21(27)17-18-7-2-1-3-8-18)24(31)28-16-13-20-12-11-19(32-20)9-6-15-26/h1-3,7-8,11-12,21-22H,4-6,9-10,13-17,25-27H2,(H,28,31)(H,29,30)/t21-,22-/m1/s1. The maximum atomic E-state index is 12.8. The van der Waals surface area contributed by atoms with Crippen LogP contribution in [0.5, 0.6) is 0 Å². The largest absolute Gasteiger partial charge is 0.354 e. The van der Waals surface area contributed by atoms with Crippen LogP contribution in [-0.4, -0.2) is 43.5 Å². The summed E-state index contributed by atoms with van der Waals surface area (Å²) in [5.41, 5.74) is 18.2. The molecule has 32 heavy (non-hydrogen) atoms. The van der Waals surface area contributed by atoms with E-state index in [1.54, 1.807) is 11.3 Å². The van der Waals surface area contributed by atoms with E-state index in [0.717, 1.165) is 37.7 Å². The quantitative estimate of drug-likeness (QED) is 0.257. The first-order valence-electron chi connectivity index (χ1n) is 11.4. The number of aryl methyl sites for hydroxylation is 1. The first-order chi connectivity index (χ1) is 15.5. The minimum atomic E-state index is -0.708.